The van der Waals surface area contributed by atoms with Gasteiger partial charge in [0, 0.05) is 21.8 Å². The van der Waals surface area contributed by atoms with Gasteiger partial charge < -0.3 is 10.6 Å². The van der Waals surface area contributed by atoms with E-state index in [4.69, 9.17) is 0 Å². The van der Waals surface area contributed by atoms with Crippen LogP contribution in [0.3, 0.4) is 0 Å². The summed E-state index contributed by atoms with van der Waals surface area (Å²) < 4.78 is 1.02. The Bertz CT molecular complexity index is 698. The van der Waals surface area contributed by atoms with Crippen molar-refractivity contribution in [3.05, 3.63) is 64.1 Å². The van der Waals surface area contributed by atoms with Crippen molar-refractivity contribution in [3.8, 4) is 0 Å². The van der Waals surface area contributed by atoms with Gasteiger partial charge in [-0.15, -0.1) is 0 Å². The van der Waals surface area contributed by atoms with Crippen LogP contribution < -0.4 is 10.6 Å². The van der Waals surface area contributed by atoms with Gasteiger partial charge >= 0.3 is 0 Å². The lowest BCUT2D eigenvalue weighted by molar-refractivity contribution is -0.115. The number of carbonyl (C=O) groups excluding carboxylic acids is 2. The van der Waals surface area contributed by atoms with Crippen molar-refractivity contribution >= 4 is 33.3 Å². The summed E-state index contributed by atoms with van der Waals surface area (Å²) in [4.78, 5) is 23.4. The van der Waals surface area contributed by atoms with Crippen LogP contribution in [-0.4, -0.2) is 18.2 Å². The number of Topliss-reactive ketones (excluding diaryl/α,β-unsaturated/α-hetero) is 1. The molecule has 0 bridgehead atoms. The molecule has 0 aromatic heterocycles. The lowest BCUT2D eigenvalue weighted by Crippen LogP contribution is -2.30. The van der Waals surface area contributed by atoms with Gasteiger partial charge in [-0.25, -0.2) is 0 Å². The van der Waals surface area contributed by atoms with Gasteiger partial charge in [0.05, 0.1) is 6.54 Å². The van der Waals surface area contributed by atoms with Crippen LogP contribution in [0, 0.1) is 0 Å². The Hall–Kier alpha value is -1.98. The molecular weight excluding hydrogens is 356 g/mol. The Kier molecular flexibility index (Phi) is 6.07. The molecule has 0 radical (unpaired) electrons. The number of halogens is 1. The van der Waals surface area contributed by atoms with Gasteiger partial charge in [-0.05, 0) is 43.7 Å². The molecule has 0 aliphatic carbocycles. The van der Waals surface area contributed by atoms with E-state index >= 15 is 0 Å². The third-order valence-corrected chi connectivity index (χ3v) is 4.02. The number of rotatable bonds is 6. The molecule has 5 heteroatoms. The molecule has 0 aliphatic rings. The first-order valence-electron chi connectivity index (χ1n) is 7.35. The summed E-state index contributed by atoms with van der Waals surface area (Å²) in [7, 11) is 0. The summed E-state index contributed by atoms with van der Waals surface area (Å²) >= 11 is 3.40. The zero-order chi connectivity index (χ0) is 16.8. The van der Waals surface area contributed by atoms with E-state index in [0.717, 1.165) is 10.0 Å². The van der Waals surface area contributed by atoms with E-state index in [0.29, 0.717) is 11.3 Å². The second-order valence-corrected chi connectivity index (χ2v) is 6.25. The number of hydrogen-bond acceptors (Lipinski definition) is 3. The third kappa shape index (κ3) is 5.30. The minimum absolute atomic E-state index is 0.0249. The van der Waals surface area contributed by atoms with Gasteiger partial charge in [-0.2, -0.15) is 0 Å². The number of carbonyl (C=O) groups is 2. The van der Waals surface area contributed by atoms with Crippen molar-refractivity contribution in [1.29, 1.82) is 0 Å². The minimum Gasteiger partial charge on any atom is -0.325 e. The molecule has 0 saturated carbocycles. The van der Waals surface area contributed by atoms with Gasteiger partial charge in [0.15, 0.2) is 5.78 Å². The standard InChI is InChI=1S/C18H19BrN2O2/c1-12(14-6-8-16(19)9-7-14)20-11-18(23)21-17-5-3-4-15(10-17)13(2)22/h3-10,12,20H,11H2,1-2H3,(H,21,23)/t12-/m0/s1. The second kappa shape index (κ2) is 8.04. The normalized spacial score (nSPS) is 11.8. The molecule has 0 unspecified atom stereocenters. The van der Waals surface area contributed by atoms with E-state index in [2.05, 4.69) is 26.6 Å². The Morgan fingerprint density at radius 1 is 1.13 bits per heavy atom. The molecule has 0 spiro atoms. The average Bonchev–Trinajstić information content (AvgIpc) is 2.53. The second-order valence-electron chi connectivity index (χ2n) is 5.34. The van der Waals surface area contributed by atoms with Gasteiger partial charge in [0.2, 0.25) is 5.91 Å². The molecule has 2 rings (SSSR count). The highest BCUT2D eigenvalue weighted by atomic mass is 79.9. The zero-order valence-electron chi connectivity index (χ0n) is 13.1. The van der Waals surface area contributed by atoms with Gasteiger partial charge in [-0.1, -0.05) is 40.2 Å². The van der Waals surface area contributed by atoms with E-state index < -0.39 is 0 Å². The van der Waals surface area contributed by atoms with Gasteiger partial charge in [-0.3, -0.25) is 9.59 Å². The number of anilines is 1. The van der Waals surface area contributed by atoms with E-state index in [1.54, 1.807) is 24.3 Å². The summed E-state index contributed by atoms with van der Waals surface area (Å²) in [5.41, 5.74) is 2.32. The van der Waals surface area contributed by atoms with Crippen molar-refractivity contribution in [2.24, 2.45) is 0 Å². The van der Waals surface area contributed by atoms with Crippen molar-refractivity contribution in [2.75, 3.05) is 11.9 Å². The molecule has 1 amide bonds. The highest BCUT2D eigenvalue weighted by molar-refractivity contribution is 9.10. The lowest BCUT2D eigenvalue weighted by atomic mass is 10.1. The first-order valence-corrected chi connectivity index (χ1v) is 8.14. The van der Waals surface area contributed by atoms with Crippen LogP contribution in [0.25, 0.3) is 0 Å². The minimum atomic E-state index is -0.144. The maximum atomic E-state index is 12.0. The van der Waals surface area contributed by atoms with Crippen LogP contribution in [0.15, 0.2) is 53.0 Å². The van der Waals surface area contributed by atoms with Crippen LogP contribution in [0.2, 0.25) is 0 Å². The number of amides is 1. The Labute approximate surface area is 144 Å². The number of nitrogens with one attached hydrogen (secondary N) is 2. The van der Waals surface area contributed by atoms with Crippen molar-refractivity contribution in [3.63, 3.8) is 0 Å². The average molecular weight is 375 g/mol. The predicted molar refractivity (Wildman–Crippen MR) is 95.6 cm³/mol. The first kappa shape index (κ1) is 17.4. The van der Waals surface area contributed by atoms with Crippen LogP contribution in [0.1, 0.15) is 35.8 Å². The topological polar surface area (TPSA) is 58.2 Å². The molecule has 2 aromatic carbocycles. The van der Waals surface area contributed by atoms with Crippen molar-refractivity contribution in [2.45, 2.75) is 19.9 Å². The van der Waals surface area contributed by atoms with Crippen LogP contribution in [0.5, 0.6) is 0 Å². The molecular formula is C18H19BrN2O2. The SMILES string of the molecule is CC(=O)c1cccc(NC(=O)CN[C@@H](C)c2ccc(Br)cc2)c1. The molecule has 4 nitrogen and oxygen atoms in total. The number of hydrogen-bond donors (Lipinski definition) is 2. The predicted octanol–water partition coefficient (Wildman–Crippen LogP) is 3.94. The van der Waals surface area contributed by atoms with Crippen molar-refractivity contribution in [1.82, 2.24) is 5.32 Å². The summed E-state index contributed by atoms with van der Waals surface area (Å²) in [6, 6.07) is 15.0. The molecule has 0 heterocycles. The van der Waals surface area contributed by atoms with Crippen LogP contribution in [0.4, 0.5) is 5.69 Å². The summed E-state index contributed by atoms with van der Waals surface area (Å²) in [5, 5.41) is 5.97. The number of ketones is 1. The summed E-state index contributed by atoms with van der Waals surface area (Å²) in [5.74, 6) is -0.169. The smallest absolute Gasteiger partial charge is 0.238 e. The fourth-order valence-corrected chi connectivity index (χ4v) is 2.40. The quantitative estimate of drug-likeness (QED) is 0.752. The third-order valence-electron chi connectivity index (χ3n) is 3.49. The number of benzene rings is 2. The molecule has 0 aliphatic heterocycles. The highest BCUT2D eigenvalue weighted by Crippen LogP contribution is 2.16. The molecule has 0 saturated heterocycles. The summed E-state index contributed by atoms with van der Waals surface area (Å²) in [6.45, 7) is 3.71. The Morgan fingerprint density at radius 3 is 2.48 bits per heavy atom. The monoisotopic (exact) mass is 374 g/mol. The molecule has 2 aromatic rings. The van der Waals surface area contributed by atoms with E-state index in [9.17, 15) is 9.59 Å². The van der Waals surface area contributed by atoms with Crippen molar-refractivity contribution < 1.29 is 9.59 Å². The van der Waals surface area contributed by atoms with E-state index in [1.165, 1.54) is 6.92 Å². The first-order chi connectivity index (χ1) is 11.0. The van der Waals surface area contributed by atoms with E-state index in [-0.39, 0.29) is 24.3 Å². The van der Waals surface area contributed by atoms with Gasteiger partial charge in [0.1, 0.15) is 0 Å². The zero-order valence-corrected chi connectivity index (χ0v) is 14.7. The summed E-state index contributed by atoms with van der Waals surface area (Å²) in [6.07, 6.45) is 0. The molecule has 2 N–H and O–H groups in total. The molecule has 1 atom stereocenters. The molecule has 0 fully saturated rings. The molecule has 23 heavy (non-hydrogen) atoms. The van der Waals surface area contributed by atoms with Gasteiger partial charge in [0.25, 0.3) is 0 Å². The highest BCUT2D eigenvalue weighted by Gasteiger charge is 2.08. The van der Waals surface area contributed by atoms with Crippen LogP contribution >= 0.6 is 15.9 Å². The Morgan fingerprint density at radius 2 is 1.83 bits per heavy atom. The largest absolute Gasteiger partial charge is 0.325 e. The fraction of sp³-hybridized carbons (Fsp3) is 0.222. The van der Waals surface area contributed by atoms with E-state index in [1.807, 2.05) is 31.2 Å². The fourth-order valence-electron chi connectivity index (χ4n) is 2.14. The Balaban J connectivity index is 1.88. The molecule has 120 valence electrons. The lowest BCUT2D eigenvalue weighted by Gasteiger charge is -2.14. The van der Waals surface area contributed by atoms with Crippen LogP contribution in [-0.2, 0) is 4.79 Å². The maximum Gasteiger partial charge on any atom is 0.238 e. The maximum absolute atomic E-state index is 12.0.